The normalized spacial score (nSPS) is 14.8. The second-order valence-electron chi connectivity index (χ2n) is 10.1. The van der Waals surface area contributed by atoms with Gasteiger partial charge in [-0.1, -0.05) is 50.6 Å². The SMILES string of the molecule is CCC(C)C(NC(=O)C(CO)NC(=O)C(Cc1ccc(O)cc1)NC(=O)C(N)Cc1c[nH]c2ccccc12)C(=O)O. The van der Waals surface area contributed by atoms with Crippen molar-refractivity contribution in [3.63, 3.8) is 0 Å². The second-order valence-corrected chi connectivity index (χ2v) is 10.1. The number of hydrogen-bond acceptors (Lipinski definition) is 7. The molecule has 12 heteroatoms. The largest absolute Gasteiger partial charge is 0.508 e. The summed E-state index contributed by atoms with van der Waals surface area (Å²) in [6, 6.07) is 8.69. The van der Waals surface area contributed by atoms with E-state index in [1.54, 1.807) is 32.2 Å². The Morgan fingerprint density at radius 1 is 0.902 bits per heavy atom. The topological polar surface area (TPSA) is 207 Å². The van der Waals surface area contributed by atoms with Crippen LogP contribution in [0.4, 0.5) is 0 Å². The van der Waals surface area contributed by atoms with Gasteiger partial charge in [-0.05, 0) is 41.7 Å². The van der Waals surface area contributed by atoms with Crippen LogP contribution in [0.5, 0.6) is 5.75 Å². The third-order valence-corrected chi connectivity index (χ3v) is 7.05. The number of fused-ring (bicyclic) bond motifs is 1. The Morgan fingerprint density at radius 2 is 1.54 bits per heavy atom. The number of carboxylic acids is 1. The predicted octanol–water partition coefficient (Wildman–Crippen LogP) is 0.563. The molecule has 1 aromatic heterocycles. The van der Waals surface area contributed by atoms with Crippen LogP contribution < -0.4 is 21.7 Å². The van der Waals surface area contributed by atoms with E-state index in [9.17, 15) is 34.5 Å². The Balaban J connectivity index is 1.75. The zero-order valence-corrected chi connectivity index (χ0v) is 23.0. The molecule has 220 valence electrons. The van der Waals surface area contributed by atoms with Gasteiger partial charge in [0.15, 0.2) is 0 Å². The number of rotatable bonds is 14. The third kappa shape index (κ3) is 8.29. The van der Waals surface area contributed by atoms with Crippen LogP contribution >= 0.6 is 0 Å². The summed E-state index contributed by atoms with van der Waals surface area (Å²) >= 11 is 0. The lowest BCUT2D eigenvalue weighted by Crippen LogP contribution is -2.59. The van der Waals surface area contributed by atoms with Gasteiger partial charge in [0.05, 0.1) is 12.6 Å². The molecule has 0 fully saturated rings. The molecule has 5 atom stereocenters. The molecule has 5 unspecified atom stereocenters. The molecule has 9 N–H and O–H groups in total. The number of aromatic nitrogens is 1. The number of para-hydroxylation sites is 1. The summed E-state index contributed by atoms with van der Waals surface area (Å²) in [6.07, 6.45) is 2.43. The number of amides is 3. The fourth-order valence-corrected chi connectivity index (χ4v) is 4.39. The number of aliphatic carboxylic acids is 1. The highest BCUT2D eigenvalue weighted by Gasteiger charge is 2.32. The number of H-pyrrole nitrogens is 1. The molecule has 0 spiro atoms. The van der Waals surface area contributed by atoms with Gasteiger partial charge >= 0.3 is 5.97 Å². The van der Waals surface area contributed by atoms with Crippen molar-refractivity contribution in [2.45, 2.75) is 57.3 Å². The maximum absolute atomic E-state index is 13.3. The van der Waals surface area contributed by atoms with Crippen molar-refractivity contribution in [2.24, 2.45) is 11.7 Å². The van der Waals surface area contributed by atoms with Crippen LogP contribution in [0.3, 0.4) is 0 Å². The number of aromatic hydroxyl groups is 1. The number of carbonyl (C=O) groups is 4. The predicted molar refractivity (Wildman–Crippen MR) is 152 cm³/mol. The van der Waals surface area contributed by atoms with Crippen molar-refractivity contribution >= 4 is 34.6 Å². The van der Waals surface area contributed by atoms with Crippen LogP contribution in [-0.2, 0) is 32.0 Å². The number of aromatic amines is 1. The van der Waals surface area contributed by atoms with Crippen LogP contribution in [0.1, 0.15) is 31.4 Å². The van der Waals surface area contributed by atoms with E-state index in [4.69, 9.17) is 5.73 Å². The average molecular weight is 568 g/mol. The fourth-order valence-electron chi connectivity index (χ4n) is 4.39. The van der Waals surface area contributed by atoms with Gasteiger partial charge in [0.2, 0.25) is 17.7 Å². The molecule has 41 heavy (non-hydrogen) atoms. The van der Waals surface area contributed by atoms with E-state index >= 15 is 0 Å². The van der Waals surface area contributed by atoms with Crippen LogP contribution in [-0.4, -0.2) is 74.8 Å². The summed E-state index contributed by atoms with van der Waals surface area (Å²) in [5, 5.41) is 37.3. The Labute approximate surface area is 237 Å². The van der Waals surface area contributed by atoms with Gasteiger partial charge in [0.25, 0.3) is 0 Å². The molecule has 0 saturated carbocycles. The van der Waals surface area contributed by atoms with Gasteiger partial charge < -0.3 is 42.0 Å². The Kier molecular flexibility index (Phi) is 10.8. The molecule has 0 aliphatic carbocycles. The number of carboxylic acid groups (broad SMARTS) is 1. The van der Waals surface area contributed by atoms with E-state index in [1.165, 1.54) is 12.1 Å². The summed E-state index contributed by atoms with van der Waals surface area (Å²) in [5.74, 6) is -3.88. The van der Waals surface area contributed by atoms with E-state index in [0.717, 1.165) is 16.5 Å². The van der Waals surface area contributed by atoms with E-state index in [1.807, 2.05) is 24.3 Å². The molecule has 0 saturated heterocycles. The quantitative estimate of drug-likeness (QED) is 0.138. The van der Waals surface area contributed by atoms with Gasteiger partial charge in [0.1, 0.15) is 23.9 Å². The van der Waals surface area contributed by atoms with E-state index in [2.05, 4.69) is 20.9 Å². The first-order chi connectivity index (χ1) is 19.5. The zero-order valence-electron chi connectivity index (χ0n) is 23.0. The average Bonchev–Trinajstić information content (AvgIpc) is 3.36. The summed E-state index contributed by atoms with van der Waals surface area (Å²) < 4.78 is 0. The summed E-state index contributed by atoms with van der Waals surface area (Å²) in [7, 11) is 0. The summed E-state index contributed by atoms with van der Waals surface area (Å²) in [4.78, 5) is 54.0. The molecular formula is C29H37N5O7. The smallest absolute Gasteiger partial charge is 0.326 e. The van der Waals surface area contributed by atoms with Crippen molar-refractivity contribution in [3.05, 3.63) is 65.9 Å². The van der Waals surface area contributed by atoms with Gasteiger partial charge in [0, 0.05) is 23.5 Å². The van der Waals surface area contributed by atoms with Crippen molar-refractivity contribution in [2.75, 3.05) is 6.61 Å². The molecule has 12 nitrogen and oxygen atoms in total. The number of carbonyl (C=O) groups excluding carboxylic acids is 3. The Bertz CT molecular complexity index is 1360. The van der Waals surface area contributed by atoms with Crippen LogP contribution in [0.15, 0.2) is 54.7 Å². The minimum Gasteiger partial charge on any atom is -0.508 e. The van der Waals surface area contributed by atoms with E-state index in [0.29, 0.717) is 12.0 Å². The molecule has 3 amide bonds. The van der Waals surface area contributed by atoms with Crippen molar-refractivity contribution < 1.29 is 34.5 Å². The Morgan fingerprint density at radius 3 is 2.17 bits per heavy atom. The molecule has 3 aromatic rings. The highest BCUT2D eigenvalue weighted by molar-refractivity contribution is 5.94. The fraction of sp³-hybridized carbons (Fsp3) is 0.379. The maximum Gasteiger partial charge on any atom is 0.326 e. The number of benzene rings is 2. The molecule has 1 heterocycles. The number of nitrogens with two attached hydrogens (primary N) is 1. The van der Waals surface area contributed by atoms with Gasteiger partial charge in [-0.15, -0.1) is 0 Å². The second kappa shape index (κ2) is 14.3. The van der Waals surface area contributed by atoms with Crippen LogP contribution in [0.25, 0.3) is 10.9 Å². The molecule has 0 aliphatic rings. The maximum atomic E-state index is 13.3. The highest BCUT2D eigenvalue weighted by atomic mass is 16.4. The lowest BCUT2D eigenvalue weighted by molar-refractivity contribution is -0.144. The molecule has 2 aromatic carbocycles. The van der Waals surface area contributed by atoms with Crippen LogP contribution in [0.2, 0.25) is 0 Å². The Hall–Kier alpha value is -4.42. The standard InChI is InChI=1S/C29H37N5O7/c1-3-16(2)25(29(40)41)34-28(39)24(15-35)33-27(38)23(12-17-8-10-19(36)11-9-17)32-26(37)21(30)13-18-14-31-22-7-5-4-6-20(18)22/h4-11,14,16,21,23-25,31,35-36H,3,12-13,15,30H2,1-2H3,(H,32,37)(H,33,38)(H,34,39)(H,40,41). The van der Waals surface area contributed by atoms with E-state index < -0.39 is 60.4 Å². The first-order valence-corrected chi connectivity index (χ1v) is 13.4. The monoisotopic (exact) mass is 567 g/mol. The first kappa shape index (κ1) is 31.1. The molecular weight excluding hydrogens is 530 g/mol. The number of aliphatic hydroxyl groups excluding tert-OH is 1. The van der Waals surface area contributed by atoms with Crippen molar-refractivity contribution in [1.29, 1.82) is 0 Å². The molecule has 0 bridgehead atoms. The van der Waals surface area contributed by atoms with Crippen molar-refractivity contribution in [3.8, 4) is 5.75 Å². The van der Waals surface area contributed by atoms with E-state index in [-0.39, 0.29) is 18.6 Å². The molecule has 0 aliphatic heterocycles. The summed E-state index contributed by atoms with van der Waals surface area (Å²) in [5.41, 5.74) is 8.53. The number of nitrogens with one attached hydrogen (secondary N) is 4. The van der Waals surface area contributed by atoms with Gasteiger partial charge in [-0.25, -0.2) is 4.79 Å². The number of hydrogen-bond donors (Lipinski definition) is 8. The minimum absolute atomic E-state index is 0.0119. The first-order valence-electron chi connectivity index (χ1n) is 13.4. The minimum atomic E-state index is -1.47. The third-order valence-electron chi connectivity index (χ3n) is 7.05. The lowest BCUT2D eigenvalue weighted by Gasteiger charge is -2.26. The number of phenols is 1. The van der Waals surface area contributed by atoms with Crippen molar-refractivity contribution in [1.82, 2.24) is 20.9 Å². The van der Waals surface area contributed by atoms with Gasteiger partial charge in [-0.2, -0.15) is 0 Å². The number of aliphatic hydroxyl groups is 1. The lowest BCUT2D eigenvalue weighted by atomic mass is 9.99. The molecule has 0 radical (unpaired) electrons. The van der Waals surface area contributed by atoms with Crippen LogP contribution in [0, 0.1) is 5.92 Å². The number of phenolic OH excluding ortho intramolecular Hbond substituents is 1. The highest BCUT2D eigenvalue weighted by Crippen LogP contribution is 2.19. The molecule has 3 rings (SSSR count). The summed E-state index contributed by atoms with van der Waals surface area (Å²) in [6.45, 7) is 2.64. The van der Waals surface area contributed by atoms with Gasteiger partial charge in [-0.3, -0.25) is 14.4 Å². The zero-order chi connectivity index (χ0) is 30.1.